The number of nitriles is 1. The number of hydrogen-bond acceptors (Lipinski definition) is 4. The number of morpholine rings is 1. The molecule has 1 aliphatic heterocycles. The zero-order chi connectivity index (χ0) is 17.9. The molecule has 0 bridgehead atoms. The van der Waals surface area contributed by atoms with Gasteiger partial charge in [0.25, 0.3) is 0 Å². The van der Waals surface area contributed by atoms with Crippen molar-refractivity contribution in [3.63, 3.8) is 0 Å². The molecule has 2 aromatic rings. The van der Waals surface area contributed by atoms with Gasteiger partial charge in [-0.05, 0) is 24.6 Å². The van der Waals surface area contributed by atoms with Crippen LogP contribution < -0.4 is 5.32 Å². The fourth-order valence-electron chi connectivity index (χ4n) is 2.95. The third-order valence-electron chi connectivity index (χ3n) is 4.38. The number of nitrogens with one attached hydrogen (secondary N) is 1. The van der Waals surface area contributed by atoms with Crippen LogP contribution in [0.15, 0.2) is 36.7 Å². The summed E-state index contributed by atoms with van der Waals surface area (Å²) in [4.78, 5) is 14.3. The predicted molar refractivity (Wildman–Crippen MR) is 91.5 cm³/mol. The number of hydrogen-bond donors (Lipinski definition) is 1. The number of rotatable bonds is 3. The molecule has 1 fully saturated rings. The molecule has 1 atom stereocenters. The lowest BCUT2D eigenvalue weighted by Crippen LogP contribution is -2.53. The van der Waals surface area contributed by atoms with Crippen LogP contribution in [-0.4, -0.2) is 40.4 Å². The second kappa shape index (κ2) is 6.95. The molecule has 1 saturated heterocycles. The number of urea groups is 1. The third kappa shape index (κ3) is 3.80. The lowest BCUT2D eigenvalue weighted by atomic mass is 9.97. The van der Waals surface area contributed by atoms with Gasteiger partial charge in [-0.15, -0.1) is 0 Å². The van der Waals surface area contributed by atoms with Crippen LogP contribution in [-0.2, 0) is 23.9 Å². The van der Waals surface area contributed by atoms with Crippen molar-refractivity contribution < 1.29 is 9.53 Å². The van der Waals surface area contributed by atoms with E-state index in [1.54, 1.807) is 27.9 Å². The zero-order valence-electron chi connectivity index (χ0n) is 14.4. The first-order valence-electron chi connectivity index (χ1n) is 8.15. The summed E-state index contributed by atoms with van der Waals surface area (Å²) in [6.07, 6.45) is 3.68. The second-order valence-corrected chi connectivity index (χ2v) is 6.37. The van der Waals surface area contributed by atoms with Crippen molar-refractivity contribution in [2.24, 2.45) is 7.05 Å². The van der Waals surface area contributed by atoms with Crippen molar-refractivity contribution in [3.8, 4) is 6.07 Å². The Morgan fingerprint density at radius 2 is 2.36 bits per heavy atom. The molecule has 0 unspecified atom stereocenters. The Balaban J connectivity index is 1.63. The maximum atomic E-state index is 12.5. The van der Waals surface area contributed by atoms with Crippen molar-refractivity contribution in [1.29, 1.82) is 5.26 Å². The lowest BCUT2D eigenvalue weighted by Gasteiger charge is -2.40. The van der Waals surface area contributed by atoms with E-state index < -0.39 is 5.60 Å². The number of carbonyl (C=O) groups excluding carboxylic acids is 1. The van der Waals surface area contributed by atoms with Crippen LogP contribution in [0.1, 0.15) is 23.6 Å². The Hall–Kier alpha value is -2.85. The molecule has 0 spiro atoms. The second-order valence-electron chi connectivity index (χ2n) is 6.37. The summed E-state index contributed by atoms with van der Waals surface area (Å²) in [6.45, 7) is 3.83. The standard InChI is InChI=1S/C18H21N5O2/c1-18(16-11-21-22(2)12-16)13-23(6-7-25-18)17(24)20-10-15-5-3-4-14(8-15)9-19/h3-5,8,11-12H,6-7,10,13H2,1-2H3,(H,20,24)/t18-/m1/s1. The summed E-state index contributed by atoms with van der Waals surface area (Å²) in [7, 11) is 1.86. The molecule has 1 N–H and O–H groups in total. The highest BCUT2D eigenvalue weighted by Gasteiger charge is 2.36. The van der Waals surface area contributed by atoms with Gasteiger partial charge in [0, 0.05) is 31.9 Å². The monoisotopic (exact) mass is 339 g/mol. The molecule has 7 nitrogen and oxygen atoms in total. The molecule has 0 aliphatic carbocycles. The van der Waals surface area contributed by atoms with Crippen LogP contribution >= 0.6 is 0 Å². The van der Waals surface area contributed by atoms with E-state index >= 15 is 0 Å². The minimum absolute atomic E-state index is 0.138. The van der Waals surface area contributed by atoms with E-state index in [-0.39, 0.29) is 6.03 Å². The van der Waals surface area contributed by atoms with Crippen molar-refractivity contribution in [3.05, 3.63) is 53.3 Å². The fraction of sp³-hybridized carbons (Fsp3) is 0.389. The minimum Gasteiger partial charge on any atom is -0.367 e. The average Bonchev–Trinajstić information content (AvgIpc) is 3.07. The number of carbonyl (C=O) groups is 1. The summed E-state index contributed by atoms with van der Waals surface area (Å²) >= 11 is 0. The van der Waals surface area contributed by atoms with E-state index in [9.17, 15) is 4.79 Å². The van der Waals surface area contributed by atoms with Crippen LogP contribution in [0.25, 0.3) is 0 Å². The van der Waals surface area contributed by atoms with Gasteiger partial charge in [0.15, 0.2) is 0 Å². The Labute approximate surface area is 146 Å². The van der Waals surface area contributed by atoms with Crippen molar-refractivity contribution in [2.75, 3.05) is 19.7 Å². The number of benzene rings is 1. The largest absolute Gasteiger partial charge is 0.367 e. The maximum Gasteiger partial charge on any atom is 0.317 e. The molecule has 3 rings (SSSR count). The zero-order valence-corrected chi connectivity index (χ0v) is 14.4. The van der Waals surface area contributed by atoms with E-state index in [2.05, 4.69) is 16.5 Å². The smallest absolute Gasteiger partial charge is 0.317 e. The normalized spacial score (nSPS) is 20.1. The summed E-state index contributed by atoms with van der Waals surface area (Å²) in [5, 5.41) is 16.1. The summed E-state index contributed by atoms with van der Waals surface area (Å²) in [6, 6.07) is 9.19. The van der Waals surface area contributed by atoms with Crippen LogP contribution in [0.3, 0.4) is 0 Å². The number of nitrogens with zero attached hydrogens (tertiary/aromatic N) is 4. The summed E-state index contributed by atoms with van der Waals surface area (Å²) in [5.41, 5.74) is 1.87. The van der Waals surface area contributed by atoms with Gasteiger partial charge in [-0.1, -0.05) is 12.1 Å². The topological polar surface area (TPSA) is 83.2 Å². The molecule has 1 aromatic heterocycles. The number of amides is 2. The molecule has 7 heteroatoms. The summed E-state index contributed by atoms with van der Waals surface area (Å²) in [5.74, 6) is 0. The molecule has 25 heavy (non-hydrogen) atoms. The Morgan fingerprint density at radius 1 is 1.52 bits per heavy atom. The number of ether oxygens (including phenoxy) is 1. The SMILES string of the molecule is Cn1cc([C@@]2(C)CN(C(=O)NCc3cccc(C#N)c3)CCO2)cn1. The van der Waals surface area contributed by atoms with Gasteiger partial charge in [0.1, 0.15) is 5.60 Å². The maximum absolute atomic E-state index is 12.5. The Bertz CT molecular complexity index is 810. The molecular weight excluding hydrogens is 318 g/mol. The third-order valence-corrected chi connectivity index (χ3v) is 4.38. The fourth-order valence-corrected chi connectivity index (χ4v) is 2.95. The highest BCUT2D eigenvalue weighted by Crippen LogP contribution is 2.29. The van der Waals surface area contributed by atoms with Gasteiger partial charge in [-0.3, -0.25) is 4.68 Å². The van der Waals surface area contributed by atoms with E-state index in [1.165, 1.54) is 0 Å². The van der Waals surface area contributed by atoms with Gasteiger partial charge < -0.3 is 15.0 Å². The van der Waals surface area contributed by atoms with E-state index in [4.69, 9.17) is 10.00 Å². The number of aromatic nitrogens is 2. The van der Waals surface area contributed by atoms with E-state index in [0.29, 0.717) is 31.8 Å². The van der Waals surface area contributed by atoms with Crippen molar-refractivity contribution >= 4 is 6.03 Å². The lowest BCUT2D eigenvalue weighted by molar-refractivity contribution is -0.0907. The van der Waals surface area contributed by atoms with Gasteiger partial charge in [-0.2, -0.15) is 10.4 Å². The highest BCUT2D eigenvalue weighted by atomic mass is 16.5. The molecular formula is C18H21N5O2. The van der Waals surface area contributed by atoms with Crippen LogP contribution in [0, 0.1) is 11.3 Å². The molecule has 2 amide bonds. The van der Waals surface area contributed by atoms with Gasteiger partial charge >= 0.3 is 6.03 Å². The molecule has 0 radical (unpaired) electrons. The van der Waals surface area contributed by atoms with Crippen LogP contribution in [0.4, 0.5) is 4.79 Å². The molecule has 130 valence electrons. The molecule has 1 aliphatic rings. The highest BCUT2D eigenvalue weighted by molar-refractivity contribution is 5.74. The average molecular weight is 339 g/mol. The van der Waals surface area contributed by atoms with Crippen LogP contribution in [0.5, 0.6) is 0 Å². The first kappa shape index (κ1) is 17.0. The van der Waals surface area contributed by atoms with Crippen molar-refractivity contribution in [1.82, 2.24) is 20.0 Å². The first-order chi connectivity index (χ1) is 12.0. The Kier molecular flexibility index (Phi) is 4.72. The van der Waals surface area contributed by atoms with Gasteiger partial charge in [0.2, 0.25) is 0 Å². The predicted octanol–water partition coefficient (Wildman–Crippen LogP) is 1.75. The van der Waals surface area contributed by atoms with Gasteiger partial charge in [-0.25, -0.2) is 4.79 Å². The minimum atomic E-state index is -0.565. The number of aryl methyl sites for hydroxylation is 1. The van der Waals surface area contributed by atoms with E-state index in [1.807, 2.05) is 32.3 Å². The molecule has 1 aromatic carbocycles. The quantitative estimate of drug-likeness (QED) is 0.923. The molecule has 2 heterocycles. The Morgan fingerprint density at radius 3 is 3.08 bits per heavy atom. The first-order valence-corrected chi connectivity index (χ1v) is 8.15. The van der Waals surface area contributed by atoms with Gasteiger partial charge in [0.05, 0.1) is 31.0 Å². The van der Waals surface area contributed by atoms with E-state index in [0.717, 1.165) is 11.1 Å². The van der Waals surface area contributed by atoms with Crippen LogP contribution in [0.2, 0.25) is 0 Å². The van der Waals surface area contributed by atoms with Crippen molar-refractivity contribution in [2.45, 2.75) is 19.1 Å². The summed E-state index contributed by atoms with van der Waals surface area (Å²) < 4.78 is 7.65. The molecule has 0 saturated carbocycles.